The molecule has 0 aliphatic heterocycles. The molecule has 172 valence electrons. The first-order valence-corrected chi connectivity index (χ1v) is 11.1. The van der Waals surface area contributed by atoms with Crippen molar-refractivity contribution < 1.29 is 14.8 Å². The van der Waals surface area contributed by atoms with E-state index in [-0.39, 0.29) is 17.9 Å². The molecule has 0 bridgehead atoms. The average Bonchev–Trinajstić information content (AvgIpc) is 2.78. The third kappa shape index (κ3) is 7.07. The van der Waals surface area contributed by atoms with Gasteiger partial charge in [-0.25, -0.2) is 0 Å². The number of pyridine rings is 1. The molecule has 1 aromatic heterocycles. The number of amides is 1. The van der Waals surface area contributed by atoms with Crippen LogP contribution in [0.4, 0.5) is 11.4 Å². The minimum absolute atomic E-state index is 0.149. The Morgan fingerprint density at radius 3 is 2.18 bits per heavy atom. The topological polar surface area (TPSA) is 104 Å². The lowest BCUT2D eigenvalue weighted by atomic mass is 9.75. The molecule has 2 aromatic carbocycles. The van der Waals surface area contributed by atoms with Gasteiger partial charge < -0.3 is 25.2 Å². The van der Waals surface area contributed by atoms with E-state index in [1.54, 1.807) is 12.3 Å². The van der Waals surface area contributed by atoms with Gasteiger partial charge in [0.25, 0.3) is 5.56 Å². The van der Waals surface area contributed by atoms with Crippen molar-refractivity contribution in [2.24, 2.45) is 5.92 Å². The highest BCUT2D eigenvalue weighted by Crippen LogP contribution is 2.18. The molecule has 3 rings (SSSR count). The number of carbonyl (C=O) groups is 1. The fourth-order valence-corrected chi connectivity index (χ4v) is 3.71. The second kappa shape index (κ2) is 11.5. The van der Waals surface area contributed by atoms with Crippen LogP contribution in [0.25, 0.3) is 0 Å². The van der Waals surface area contributed by atoms with E-state index in [0.717, 1.165) is 11.3 Å². The van der Waals surface area contributed by atoms with E-state index >= 15 is 0 Å². The van der Waals surface area contributed by atoms with Crippen LogP contribution in [0.5, 0.6) is 0 Å². The molecule has 2 atom stereocenters. The quantitative estimate of drug-likeness (QED) is 0.358. The van der Waals surface area contributed by atoms with Crippen molar-refractivity contribution in [2.45, 2.75) is 38.7 Å². The summed E-state index contributed by atoms with van der Waals surface area (Å²) in [6.45, 7) is 3.87. The molecule has 0 radical (unpaired) electrons. The summed E-state index contributed by atoms with van der Waals surface area (Å²) >= 11 is 0. The molecular weight excluding hydrogens is 417 g/mol. The number of aromatic nitrogens is 1. The standard InChI is InChI=1S/C25H30BN3O4/c1-18(2)15-23(26(32)33)28-25(31)22(16-19-9-5-3-6-10-19)29-14-13-21(17-24(29)30)27-20-11-7-4-8-12-20/h3-14,17-18,22-23,27,32-33H,15-16H2,1-2H3,(H,28,31)/t22-,23+/m1/s1. The molecule has 0 saturated heterocycles. The van der Waals surface area contributed by atoms with Crippen molar-refractivity contribution in [1.82, 2.24) is 9.88 Å². The maximum Gasteiger partial charge on any atom is 0.475 e. The van der Waals surface area contributed by atoms with Crippen LogP contribution in [0.15, 0.2) is 83.8 Å². The van der Waals surface area contributed by atoms with E-state index in [1.807, 2.05) is 74.5 Å². The van der Waals surface area contributed by atoms with Crippen molar-refractivity contribution in [3.8, 4) is 0 Å². The SMILES string of the molecule is CC(C)C[C@H](NC(=O)[C@@H](Cc1ccccc1)n1ccc(Nc2ccccc2)cc1=O)B(O)O. The lowest BCUT2D eigenvalue weighted by Gasteiger charge is -2.25. The van der Waals surface area contributed by atoms with E-state index < -0.39 is 25.0 Å². The lowest BCUT2D eigenvalue weighted by Crippen LogP contribution is -2.50. The Balaban J connectivity index is 1.88. The number of para-hydroxylation sites is 1. The monoisotopic (exact) mass is 447 g/mol. The van der Waals surface area contributed by atoms with Gasteiger partial charge in [-0.05, 0) is 36.1 Å². The zero-order valence-corrected chi connectivity index (χ0v) is 18.9. The fraction of sp³-hybridized carbons (Fsp3) is 0.280. The zero-order valence-electron chi connectivity index (χ0n) is 18.9. The summed E-state index contributed by atoms with van der Waals surface area (Å²) in [5.41, 5.74) is 2.02. The van der Waals surface area contributed by atoms with Crippen LogP contribution in [-0.4, -0.2) is 33.6 Å². The summed E-state index contributed by atoms with van der Waals surface area (Å²) in [6.07, 6.45) is 2.28. The molecular formula is C25H30BN3O4. The van der Waals surface area contributed by atoms with Gasteiger partial charge in [0.15, 0.2) is 0 Å². The van der Waals surface area contributed by atoms with E-state index in [2.05, 4.69) is 10.6 Å². The number of nitrogens with zero attached hydrogens (tertiary/aromatic N) is 1. The molecule has 0 fully saturated rings. The van der Waals surface area contributed by atoms with Crippen molar-refractivity contribution in [3.63, 3.8) is 0 Å². The van der Waals surface area contributed by atoms with Crippen LogP contribution in [-0.2, 0) is 11.2 Å². The number of hydrogen-bond donors (Lipinski definition) is 4. The van der Waals surface area contributed by atoms with Gasteiger partial charge >= 0.3 is 7.12 Å². The van der Waals surface area contributed by atoms with Crippen LogP contribution in [0.2, 0.25) is 0 Å². The van der Waals surface area contributed by atoms with Gasteiger partial charge in [-0.2, -0.15) is 0 Å². The number of carbonyl (C=O) groups excluding carboxylic acids is 1. The smallest absolute Gasteiger partial charge is 0.426 e. The summed E-state index contributed by atoms with van der Waals surface area (Å²) in [7, 11) is -1.69. The van der Waals surface area contributed by atoms with Crippen molar-refractivity contribution >= 4 is 24.4 Å². The summed E-state index contributed by atoms with van der Waals surface area (Å²) in [5.74, 6) is -1.12. The number of benzene rings is 2. The molecule has 0 spiro atoms. The Labute approximate surface area is 194 Å². The molecule has 4 N–H and O–H groups in total. The maximum atomic E-state index is 13.3. The second-order valence-electron chi connectivity index (χ2n) is 8.52. The summed E-state index contributed by atoms with van der Waals surface area (Å²) in [4.78, 5) is 26.3. The van der Waals surface area contributed by atoms with Gasteiger partial charge in [-0.3, -0.25) is 9.59 Å². The lowest BCUT2D eigenvalue weighted by molar-refractivity contribution is -0.124. The highest BCUT2D eigenvalue weighted by atomic mass is 16.4. The molecule has 0 saturated carbocycles. The predicted molar refractivity (Wildman–Crippen MR) is 131 cm³/mol. The fourth-order valence-electron chi connectivity index (χ4n) is 3.71. The van der Waals surface area contributed by atoms with Gasteiger partial charge in [-0.1, -0.05) is 62.4 Å². The van der Waals surface area contributed by atoms with E-state index in [9.17, 15) is 19.6 Å². The van der Waals surface area contributed by atoms with Crippen LogP contribution < -0.4 is 16.2 Å². The van der Waals surface area contributed by atoms with Gasteiger partial charge in [0.05, 0.1) is 5.94 Å². The van der Waals surface area contributed by atoms with Gasteiger partial charge in [0, 0.05) is 30.1 Å². The predicted octanol–water partition coefficient (Wildman–Crippen LogP) is 2.92. The maximum absolute atomic E-state index is 13.3. The van der Waals surface area contributed by atoms with Crippen LogP contribution in [0.3, 0.4) is 0 Å². The molecule has 1 heterocycles. The molecule has 33 heavy (non-hydrogen) atoms. The Kier molecular flexibility index (Phi) is 8.46. The summed E-state index contributed by atoms with van der Waals surface area (Å²) < 4.78 is 1.38. The number of nitrogens with one attached hydrogen (secondary N) is 2. The van der Waals surface area contributed by atoms with E-state index in [4.69, 9.17) is 0 Å². The average molecular weight is 447 g/mol. The number of anilines is 2. The minimum atomic E-state index is -1.69. The normalized spacial score (nSPS) is 12.8. The van der Waals surface area contributed by atoms with Gasteiger partial charge in [0.1, 0.15) is 6.04 Å². The van der Waals surface area contributed by atoms with E-state index in [1.165, 1.54) is 10.6 Å². The number of hydrogen-bond acceptors (Lipinski definition) is 5. The van der Waals surface area contributed by atoms with Crippen molar-refractivity contribution in [2.75, 3.05) is 5.32 Å². The van der Waals surface area contributed by atoms with Crippen molar-refractivity contribution in [1.29, 1.82) is 0 Å². The Morgan fingerprint density at radius 1 is 0.970 bits per heavy atom. The highest BCUT2D eigenvalue weighted by molar-refractivity contribution is 6.43. The third-order valence-corrected chi connectivity index (χ3v) is 5.33. The Hall–Kier alpha value is -3.36. The molecule has 1 amide bonds. The largest absolute Gasteiger partial charge is 0.475 e. The summed E-state index contributed by atoms with van der Waals surface area (Å²) in [6, 6.07) is 21.3. The van der Waals surface area contributed by atoms with Crippen LogP contribution in [0.1, 0.15) is 31.9 Å². The second-order valence-corrected chi connectivity index (χ2v) is 8.52. The zero-order chi connectivity index (χ0) is 23.8. The molecule has 3 aromatic rings. The van der Waals surface area contributed by atoms with Crippen LogP contribution >= 0.6 is 0 Å². The van der Waals surface area contributed by atoms with Gasteiger partial charge in [-0.15, -0.1) is 0 Å². The summed E-state index contributed by atoms with van der Waals surface area (Å²) in [5, 5.41) is 25.4. The van der Waals surface area contributed by atoms with Crippen molar-refractivity contribution in [3.05, 3.63) is 94.9 Å². The molecule has 0 aliphatic carbocycles. The molecule has 8 heteroatoms. The van der Waals surface area contributed by atoms with E-state index in [0.29, 0.717) is 12.1 Å². The Bertz CT molecular complexity index is 1090. The minimum Gasteiger partial charge on any atom is -0.426 e. The first kappa shape index (κ1) is 24.3. The number of rotatable bonds is 10. The first-order valence-electron chi connectivity index (χ1n) is 11.1. The molecule has 0 unspecified atom stereocenters. The third-order valence-electron chi connectivity index (χ3n) is 5.33. The van der Waals surface area contributed by atoms with Crippen LogP contribution in [0, 0.1) is 5.92 Å². The molecule has 0 aliphatic rings. The van der Waals surface area contributed by atoms with Gasteiger partial charge in [0.2, 0.25) is 5.91 Å². The first-order chi connectivity index (χ1) is 15.8. The highest BCUT2D eigenvalue weighted by Gasteiger charge is 2.30. The molecule has 7 nitrogen and oxygen atoms in total. The Morgan fingerprint density at radius 2 is 1.61 bits per heavy atom.